The van der Waals surface area contributed by atoms with E-state index < -0.39 is 10.0 Å². The molecule has 0 saturated carbocycles. The fourth-order valence-electron chi connectivity index (χ4n) is 2.47. The highest BCUT2D eigenvalue weighted by Crippen LogP contribution is 2.18. The molecule has 0 aliphatic rings. The van der Waals surface area contributed by atoms with Gasteiger partial charge in [-0.1, -0.05) is 12.1 Å². The van der Waals surface area contributed by atoms with Crippen molar-refractivity contribution in [3.63, 3.8) is 0 Å². The molecule has 0 amide bonds. The van der Waals surface area contributed by atoms with Gasteiger partial charge in [-0.05, 0) is 30.7 Å². The molecule has 0 radical (unpaired) electrons. The molecule has 0 saturated heterocycles. The second-order valence-corrected chi connectivity index (χ2v) is 8.80. The molecule has 0 atom stereocenters. The zero-order chi connectivity index (χ0) is 18.7. The number of aromatic nitrogens is 2. The van der Waals surface area contributed by atoms with Gasteiger partial charge in [-0.2, -0.15) is 0 Å². The summed E-state index contributed by atoms with van der Waals surface area (Å²) in [5.74, 6) is -0.184. The van der Waals surface area contributed by atoms with Crippen molar-refractivity contribution in [1.82, 2.24) is 14.3 Å². The third-order valence-corrected chi connectivity index (χ3v) is 5.63. The van der Waals surface area contributed by atoms with Gasteiger partial charge >= 0.3 is 0 Å². The normalized spacial score (nSPS) is 11.7. The maximum absolute atomic E-state index is 12.5. The Balaban J connectivity index is 1.71. The Kier molecular flexibility index (Phi) is 5.30. The summed E-state index contributed by atoms with van der Waals surface area (Å²) in [6, 6.07) is 10.5. The van der Waals surface area contributed by atoms with Crippen LogP contribution in [-0.2, 0) is 23.0 Å². The number of nitrogens with one attached hydrogen (secondary N) is 1. The van der Waals surface area contributed by atoms with Crippen LogP contribution >= 0.6 is 11.3 Å². The maximum atomic E-state index is 12.5. The van der Waals surface area contributed by atoms with Gasteiger partial charge in [0.25, 0.3) is 5.56 Å². The van der Waals surface area contributed by atoms with E-state index in [0.29, 0.717) is 22.2 Å². The number of nitrogens with zero attached hydrogens (tertiary/aromatic N) is 2. The minimum Gasteiger partial charge on any atom is -0.291 e. The van der Waals surface area contributed by atoms with Gasteiger partial charge < -0.3 is 0 Å². The third kappa shape index (κ3) is 4.43. The predicted octanol–water partition coefficient (Wildman–Crippen LogP) is 1.43. The SMILES string of the molecule is CS(=O)(=O)NCCc1ccc(C(=O)Cn2cnc3ccccc3c2=O)s1. The van der Waals surface area contributed by atoms with Gasteiger partial charge in [0.1, 0.15) is 0 Å². The van der Waals surface area contributed by atoms with Crippen LogP contribution in [-0.4, -0.2) is 36.6 Å². The molecular weight excluding hydrogens is 374 g/mol. The van der Waals surface area contributed by atoms with Crippen molar-refractivity contribution in [1.29, 1.82) is 0 Å². The van der Waals surface area contributed by atoms with Crippen LogP contribution in [0.15, 0.2) is 47.5 Å². The molecule has 0 spiro atoms. The molecule has 0 bridgehead atoms. The molecule has 0 unspecified atom stereocenters. The van der Waals surface area contributed by atoms with E-state index in [4.69, 9.17) is 0 Å². The molecule has 26 heavy (non-hydrogen) atoms. The molecule has 3 rings (SSSR count). The number of fused-ring (bicyclic) bond motifs is 1. The van der Waals surface area contributed by atoms with Crippen molar-refractivity contribution >= 4 is 38.0 Å². The Morgan fingerprint density at radius 1 is 1.23 bits per heavy atom. The lowest BCUT2D eigenvalue weighted by molar-refractivity contribution is 0.0974. The van der Waals surface area contributed by atoms with Crippen LogP contribution in [0.25, 0.3) is 10.9 Å². The van der Waals surface area contributed by atoms with E-state index in [2.05, 4.69) is 9.71 Å². The molecule has 1 aromatic carbocycles. The molecule has 1 N–H and O–H groups in total. The summed E-state index contributed by atoms with van der Waals surface area (Å²) in [7, 11) is -3.22. The second-order valence-electron chi connectivity index (χ2n) is 5.80. The van der Waals surface area contributed by atoms with Gasteiger partial charge in [-0.25, -0.2) is 18.1 Å². The third-order valence-electron chi connectivity index (χ3n) is 3.72. The highest BCUT2D eigenvalue weighted by atomic mass is 32.2. The van der Waals surface area contributed by atoms with E-state index >= 15 is 0 Å². The van der Waals surface area contributed by atoms with Gasteiger partial charge in [-0.15, -0.1) is 11.3 Å². The molecule has 2 heterocycles. The van der Waals surface area contributed by atoms with Crippen LogP contribution in [0.5, 0.6) is 0 Å². The van der Waals surface area contributed by atoms with E-state index in [1.54, 1.807) is 36.4 Å². The summed E-state index contributed by atoms with van der Waals surface area (Å²) in [5, 5.41) is 0.474. The van der Waals surface area contributed by atoms with Crippen molar-refractivity contribution < 1.29 is 13.2 Å². The molecular formula is C17H17N3O4S2. The number of rotatable bonds is 7. The number of hydrogen-bond acceptors (Lipinski definition) is 6. The summed E-state index contributed by atoms with van der Waals surface area (Å²) < 4.78 is 25.8. The number of thiophene rings is 1. The first-order valence-corrected chi connectivity index (χ1v) is 10.5. The molecule has 7 nitrogen and oxygen atoms in total. The van der Waals surface area contributed by atoms with E-state index in [1.165, 1.54) is 22.2 Å². The molecule has 0 aliphatic carbocycles. The van der Waals surface area contributed by atoms with Crippen LogP contribution < -0.4 is 10.3 Å². The van der Waals surface area contributed by atoms with Crippen molar-refractivity contribution in [2.75, 3.05) is 12.8 Å². The number of carbonyl (C=O) groups is 1. The number of hydrogen-bond donors (Lipinski definition) is 1. The molecule has 3 aromatic rings. The summed E-state index contributed by atoms with van der Waals surface area (Å²) >= 11 is 1.30. The Labute approximate surface area is 154 Å². The first kappa shape index (κ1) is 18.4. The molecule has 0 fully saturated rings. The Morgan fingerprint density at radius 2 is 2.00 bits per heavy atom. The Hall–Kier alpha value is -2.36. The minimum atomic E-state index is -3.22. The number of ketones is 1. The topological polar surface area (TPSA) is 98.1 Å². The molecule has 136 valence electrons. The standard InChI is InChI=1S/C17H17N3O4S2/c1-26(23,24)19-9-8-12-6-7-16(25-12)15(21)10-20-11-18-14-5-3-2-4-13(14)17(20)22/h2-7,11,19H,8-10H2,1H3. The summed E-state index contributed by atoms with van der Waals surface area (Å²) in [4.78, 5) is 30.5. The first-order chi connectivity index (χ1) is 12.3. The number of benzene rings is 1. The number of Topliss-reactive ketones (excluding diaryl/α,β-unsaturated/α-hetero) is 1. The quantitative estimate of drug-likeness (QED) is 0.615. The van der Waals surface area contributed by atoms with E-state index in [1.807, 2.05) is 0 Å². The van der Waals surface area contributed by atoms with E-state index in [-0.39, 0.29) is 24.4 Å². The van der Waals surface area contributed by atoms with Gasteiger partial charge in [0.15, 0.2) is 5.78 Å². The lowest BCUT2D eigenvalue weighted by Gasteiger charge is -2.05. The van der Waals surface area contributed by atoms with Gasteiger partial charge in [0.2, 0.25) is 10.0 Å². The number of carbonyl (C=O) groups excluding carboxylic acids is 1. The summed E-state index contributed by atoms with van der Waals surface area (Å²) in [6.07, 6.45) is 2.99. The van der Waals surface area contributed by atoms with E-state index in [9.17, 15) is 18.0 Å². The fraction of sp³-hybridized carbons (Fsp3) is 0.235. The lowest BCUT2D eigenvalue weighted by Crippen LogP contribution is -2.24. The molecule has 9 heteroatoms. The van der Waals surface area contributed by atoms with Crippen LogP contribution in [0.2, 0.25) is 0 Å². The fourth-order valence-corrected chi connectivity index (χ4v) is 3.88. The predicted molar refractivity (Wildman–Crippen MR) is 101 cm³/mol. The van der Waals surface area contributed by atoms with Crippen LogP contribution in [0.4, 0.5) is 0 Å². The van der Waals surface area contributed by atoms with Gasteiger partial charge in [0.05, 0.1) is 34.9 Å². The highest BCUT2D eigenvalue weighted by Gasteiger charge is 2.13. The average Bonchev–Trinajstić information content (AvgIpc) is 3.05. The minimum absolute atomic E-state index is 0.0851. The summed E-state index contributed by atoms with van der Waals surface area (Å²) in [5.41, 5.74) is 0.344. The lowest BCUT2D eigenvalue weighted by atomic mass is 10.2. The van der Waals surface area contributed by atoms with Crippen molar-refractivity contribution in [2.24, 2.45) is 0 Å². The van der Waals surface area contributed by atoms with Crippen molar-refractivity contribution in [2.45, 2.75) is 13.0 Å². The van der Waals surface area contributed by atoms with Crippen molar-refractivity contribution in [3.05, 3.63) is 62.8 Å². The first-order valence-electron chi connectivity index (χ1n) is 7.84. The second kappa shape index (κ2) is 7.48. The van der Waals surface area contributed by atoms with Crippen LogP contribution in [0.3, 0.4) is 0 Å². The van der Waals surface area contributed by atoms with Crippen LogP contribution in [0.1, 0.15) is 14.5 Å². The average molecular weight is 391 g/mol. The van der Waals surface area contributed by atoms with Crippen molar-refractivity contribution in [3.8, 4) is 0 Å². The largest absolute Gasteiger partial charge is 0.291 e. The van der Waals surface area contributed by atoms with Crippen LogP contribution in [0, 0.1) is 0 Å². The molecule has 0 aliphatic heterocycles. The zero-order valence-corrected chi connectivity index (χ0v) is 15.6. The smallest absolute Gasteiger partial charge is 0.261 e. The maximum Gasteiger partial charge on any atom is 0.261 e. The molecule has 2 aromatic heterocycles. The highest BCUT2D eigenvalue weighted by molar-refractivity contribution is 7.88. The van der Waals surface area contributed by atoms with Gasteiger partial charge in [-0.3, -0.25) is 14.2 Å². The Morgan fingerprint density at radius 3 is 2.77 bits per heavy atom. The monoisotopic (exact) mass is 391 g/mol. The summed E-state index contributed by atoms with van der Waals surface area (Å²) in [6.45, 7) is 0.194. The number of sulfonamides is 1. The van der Waals surface area contributed by atoms with Gasteiger partial charge in [0, 0.05) is 11.4 Å². The Bertz CT molecular complexity index is 1120. The zero-order valence-electron chi connectivity index (χ0n) is 14.0. The number of para-hydroxylation sites is 1. The van der Waals surface area contributed by atoms with E-state index in [0.717, 1.165) is 11.1 Å².